The Hall–Kier alpha value is -1.90. The molecule has 0 N–H and O–H groups in total. The number of benzene rings is 1. The maximum atomic E-state index is 11.3. The number of aryl methyl sites for hydroxylation is 3. The normalized spacial score (nSPS) is 15.4. The highest BCUT2D eigenvalue weighted by Gasteiger charge is 2.29. The van der Waals surface area contributed by atoms with Gasteiger partial charge >= 0.3 is 0 Å². The van der Waals surface area contributed by atoms with E-state index in [1.807, 2.05) is 0 Å². The molecule has 0 spiro atoms. The van der Waals surface area contributed by atoms with Crippen molar-refractivity contribution in [1.82, 2.24) is 9.55 Å². The number of hydrogen-bond donors (Lipinski definition) is 0. The van der Waals surface area contributed by atoms with E-state index in [0.717, 1.165) is 54.6 Å². The summed E-state index contributed by atoms with van der Waals surface area (Å²) in [5, 5.41) is 0. The van der Waals surface area contributed by atoms with Gasteiger partial charge in [0, 0.05) is 34.5 Å². The highest BCUT2D eigenvalue weighted by atomic mass is 79.9. The third kappa shape index (κ3) is 5.04. The van der Waals surface area contributed by atoms with E-state index in [9.17, 15) is 8.42 Å². The van der Waals surface area contributed by atoms with Gasteiger partial charge in [0.25, 0.3) is 10.1 Å². The Morgan fingerprint density at radius 1 is 1.03 bits per heavy atom. The third-order valence-electron chi connectivity index (χ3n) is 7.01. The first-order valence-corrected chi connectivity index (χ1v) is 14.4. The molecule has 0 aromatic heterocycles. The smallest absolute Gasteiger partial charge is 0.264 e. The van der Waals surface area contributed by atoms with E-state index in [2.05, 4.69) is 78.2 Å². The van der Waals surface area contributed by atoms with Crippen molar-refractivity contribution < 1.29 is 12.6 Å². The summed E-state index contributed by atoms with van der Waals surface area (Å²) in [7, 11) is -3.37. The topological polar surface area (TPSA) is 64.4 Å². The molecule has 1 aromatic rings. The van der Waals surface area contributed by atoms with Gasteiger partial charge in [0.05, 0.1) is 24.2 Å². The second kappa shape index (κ2) is 9.63. The molecule has 0 aliphatic carbocycles. The molecule has 0 unspecified atom stereocenters. The summed E-state index contributed by atoms with van der Waals surface area (Å²) in [5.41, 5.74) is 9.61. The first-order valence-electron chi connectivity index (χ1n) is 11.8. The predicted octanol–water partition coefficient (Wildman–Crippen LogP) is 5.86. The van der Waals surface area contributed by atoms with Crippen LogP contribution in [0.1, 0.15) is 47.3 Å². The van der Waals surface area contributed by atoms with Crippen LogP contribution in [0.3, 0.4) is 0 Å². The second-order valence-electron chi connectivity index (χ2n) is 9.66. The molecule has 6 nitrogen and oxygen atoms in total. The largest absolute Gasteiger partial charge is 0.371 e. The first kappa shape index (κ1) is 25.2. The van der Waals surface area contributed by atoms with Crippen molar-refractivity contribution in [2.75, 3.05) is 30.9 Å². The minimum Gasteiger partial charge on any atom is -0.371 e. The minimum atomic E-state index is -3.37. The zero-order chi connectivity index (χ0) is 24.8. The van der Waals surface area contributed by atoms with Gasteiger partial charge in [-0.3, -0.25) is 8.75 Å². The van der Waals surface area contributed by atoms with Crippen molar-refractivity contribution in [1.29, 1.82) is 0 Å². The summed E-state index contributed by atoms with van der Waals surface area (Å²) >= 11 is 3.63. The second-order valence-corrected chi connectivity index (χ2v) is 12.2. The lowest BCUT2D eigenvalue weighted by Crippen LogP contribution is -2.35. The average molecular weight is 549 g/mol. The summed E-state index contributed by atoms with van der Waals surface area (Å²) in [6.45, 7) is 13.0. The summed E-state index contributed by atoms with van der Waals surface area (Å²) in [6, 6.07) is 6.54. The molecule has 1 saturated heterocycles. The molecule has 4 rings (SSSR count). The van der Waals surface area contributed by atoms with Crippen LogP contribution < -0.4 is 4.90 Å². The van der Waals surface area contributed by atoms with Crippen LogP contribution in [-0.4, -0.2) is 43.9 Å². The number of pyridine rings is 1. The number of hydrogen-bond acceptors (Lipinski definition) is 5. The van der Waals surface area contributed by atoms with Gasteiger partial charge in [-0.2, -0.15) is 8.42 Å². The SMILES string of the molecule is Cc1cc2c(N3CCC(CCOS(C)(=O)=O)CC3)c(C)c(C)n(-c3c(C)cc(Br)cc3C)c-2n1. The molecule has 1 fully saturated rings. The number of piperidine rings is 1. The zero-order valence-corrected chi connectivity index (χ0v) is 23.3. The van der Waals surface area contributed by atoms with Gasteiger partial charge in [0.2, 0.25) is 0 Å². The highest BCUT2D eigenvalue weighted by molar-refractivity contribution is 9.10. The number of anilines is 1. The van der Waals surface area contributed by atoms with E-state index >= 15 is 0 Å². The molecular weight excluding hydrogens is 514 g/mol. The van der Waals surface area contributed by atoms with E-state index in [4.69, 9.17) is 9.17 Å². The molecule has 3 heterocycles. The number of rotatable bonds is 6. The quantitative estimate of drug-likeness (QED) is 0.361. The maximum absolute atomic E-state index is 11.3. The van der Waals surface area contributed by atoms with Crippen molar-refractivity contribution in [2.45, 2.75) is 53.9 Å². The van der Waals surface area contributed by atoms with E-state index in [-0.39, 0.29) is 6.61 Å². The fourth-order valence-corrected chi connectivity index (χ4v) is 6.41. The van der Waals surface area contributed by atoms with Crippen LogP contribution in [0.2, 0.25) is 0 Å². The number of aromatic nitrogens is 2. The first-order chi connectivity index (χ1) is 16.0. The molecule has 3 aliphatic heterocycles. The molecule has 34 heavy (non-hydrogen) atoms. The van der Waals surface area contributed by atoms with Crippen LogP contribution >= 0.6 is 15.9 Å². The van der Waals surface area contributed by atoms with Crippen molar-refractivity contribution in [3.63, 3.8) is 0 Å². The Balaban J connectivity index is 1.68. The molecule has 8 heteroatoms. The Morgan fingerprint density at radius 3 is 2.24 bits per heavy atom. The van der Waals surface area contributed by atoms with Crippen LogP contribution in [0, 0.1) is 40.5 Å². The highest BCUT2D eigenvalue weighted by Crippen LogP contribution is 2.42. The Morgan fingerprint density at radius 2 is 1.65 bits per heavy atom. The van der Waals surface area contributed by atoms with Crippen molar-refractivity contribution in [3.05, 3.63) is 50.8 Å². The summed E-state index contributed by atoms with van der Waals surface area (Å²) in [5.74, 6) is 1.49. The number of halogens is 1. The van der Waals surface area contributed by atoms with Gasteiger partial charge in [-0.15, -0.1) is 0 Å². The number of nitrogens with zero attached hydrogens (tertiary/aromatic N) is 3. The van der Waals surface area contributed by atoms with Gasteiger partial charge in [0.1, 0.15) is 5.82 Å². The monoisotopic (exact) mass is 547 g/mol. The predicted molar refractivity (Wildman–Crippen MR) is 142 cm³/mol. The molecule has 1 aromatic carbocycles. The fraction of sp³-hybridized carbons (Fsp3) is 0.500. The van der Waals surface area contributed by atoms with Gasteiger partial charge < -0.3 is 4.90 Å². The Labute approximate surface area is 211 Å². The van der Waals surface area contributed by atoms with Crippen LogP contribution in [0.5, 0.6) is 0 Å². The number of fused-ring (bicyclic) bond motifs is 1. The van der Waals surface area contributed by atoms with E-state index in [0.29, 0.717) is 5.92 Å². The summed E-state index contributed by atoms with van der Waals surface area (Å²) in [4.78, 5) is 7.47. The fourth-order valence-electron chi connectivity index (χ4n) is 5.33. The van der Waals surface area contributed by atoms with Gasteiger partial charge in [-0.1, -0.05) is 15.9 Å². The molecule has 0 amide bonds. The Bertz CT molecular complexity index is 1270. The zero-order valence-electron chi connectivity index (χ0n) is 20.9. The molecule has 0 atom stereocenters. The molecule has 184 valence electrons. The lowest BCUT2D eigenvalue weighted by molar-refractivity contribution is 0.264. The average Bonchev–Trinajstić information content (AvgIpc) is 3.11. The molecular formula is C26H34BrN3O3S. The van der Waals surface area contributed by atoms with Gasteiger partial charge in [0.15, 0.2) is 0 Å². The van der Waals surface area contributed by atoms with Crippen LogP contribution in [0.15, 0.2) is 22.7 Å². The van der Waals surface area contributed by atoms with Crippen LogP contribution in [0.4, 0.5) is 5.69 Å². The maximum Gasteiger partial charge on any atom is 0.264 e. The molecule has 0 radical (unpaired) electrons. The lowest BCUT2D eigenvalue weighted by atomic mass is 9.92. The third-order valence-corrected chi connectivity index (χ3v) is 8.06. The molecule has 0 saturated carbocycles. The van der Waals surface area contributed by atoms with E-state index < -0.39 is 10.1 Å². The van der Waals surface area contributed by atoms with Crippen molar-refractivity contribution in [3.8, 4) is 17.1 Å². The molecule has 0 bridgehead atoms. The van der Waals surface area contributed by atoms with Crippen LogP contribution in [-0.2, 0) is 14.3 Å². The van der Waals surface area contributed by atoms with Crippen molar-refractivity contribution >= 4 is 31.7 Å². The summed E-state index contributed by atoms with van der Waals surface area (Å²) in [6.07, 6.45) is 3.95. The van der Waals surface area contributed by atoms with E-state index in [1.165, 1.54) is 39.3 Å². The summed E-state index contributed by atoms with van der Waals surface area (Å²) < 4.78 is 30.9. The van der Waals surface area contributed by atoms with Gasteiger partial charge in [-0.05, 0) is 94.7 Å². The standard InChI is InChI=1S/C26H34BrN3O3S/c1-16-13-22(27)14-17(2)24(16)30-20(5)19(4)25(23-15-18(3)28-26(23)30)29-10-7-21(8-11-29)9-12-33-34(6,31)32/h13-15,21H,7-12H2,1-6H3. The van der Waals surface area contributed by atoms with Gasteiger partial charge in [-0.25, -0.2) is 4.98 Å². The molecule has 3 aliphatic rings. The van der Waals surface area contributed by atoms with Crippen LogP contribution in [0.25, 0.3) is 17.1 Å². The van der Waals surface area contributed by atoms with Crippen molar-refractivity contribution in [2.24, 2.45) is 5.92 Å². The Kier molecular flexibility index (Phi) is 7.14. The lowest BCUT2D eigenvalue weighted by Gasteiger charge is -2.37. The minimum absolute atomic E-state index is 0.273. The van der Waals surface area contributed by atoms with E-state index in [1.54, 1.807) is 0 Å².